The van der Waals surface area contributed by atoms with E-state index in [1.807, 2.05) is 19.9 Å². The number of pyridine rings is 1. The van der Waals surface area contributed by atoms with E-state index in [-0.39, 0.29) is 10.6 Å². The van der Waals surface area contributed by atoms with Crippen LogP contribution in [0.4, 0.5) is 5.69 Å². The van der Waals surface area contributed by atoms with Crippen molar-refractivity contribution < 1.29 is 9.90 Å². The molecule has 2 heterocycles. The molecular formula is C10H9N2O2S-. The quantitative estimate of drug-likeness (QED) is 0.774. The molecule has 2 rings (SSSR count). The van der Waals surface area contributed by atoms with Gasteiger partial charge in [0.1, 0.15) is 4.83 Å². The number of carbonyl (C=O) groups is 1. The summed E-state index contributed by atoms with van der Waals surface area (Å²) in [7, 11) is 0. The Kier molecular flexibility index (Phi) is 2.12. The predicted molar refractivity (Wildman–Crippen MR) is 57.8 cm³/mol. The number of anilines is 1. The zero-order valence-corrected chi connectivity index (χ0v) is 9.14. The highest BCUT2D eigenvalue weighted by Crippen LogP contribution is 2.34. The van der Waals surface area contributed by atoms with E-state index in [2.05, 4.69) is 4.98 Å². The van der Waals surface area contributed by atoms with Crippen LogP contribution in [-0.4, -0.2) is 11.0 Å². The van der Waals surface area contributed by atoms with Gasteiger partial charge in [-0.2, -0.15) is 0 Å². The number of hydrogen-bond donors (Lipinski definition) is 1. The van der Waals surface area contributed by atoms with Crippen LogP contribution in [0, 0.1) is 13.8 Å². The molecule has 0 aromatic carbocycles. The lowest BCUT2D eigenvalue weighted by Crippen LogP contribution is -2.21. The minimum absolute atomic E-state index is 0.0613. The summed E-state index contributed by atoms with van der Waals surface area (Å²) in [4.78, 5) is 15.7. The van der Waals surface area contributed by atoms with E-state index in [0.29, 0.717) is 4.83 Å². The number of carbonyl (C=O) groups excluding carboxylic acids is 1. The smallest absolute Gasteiger partial charge is 0.126 e. The lowest BCUT2D eigenvalue weighted by molar-refractivity contribution is -0.254. The van der Waals surface area contributed by atoms with E-state index in [1.54, 1.807) is 0 Å². The van der Waals surface area contributed by atoms with E-state index in [1.165, 1.54) is 0 Å². The summed E-state index contributed by atoms with van der Waals surface area (Å²) in [5, 5.41) is 11.5. The normalized spacial score (nSPS) is 10.8. The van der Waals surface area contributed by atoms with Crippen molar-refractivity contribution in [1.82, 2.24) is 4.98 Å². The van der Waals surface area contributed by atoms with E-state index < -0.39 is 5.97 Å². The summed E-state index contributed by atoms with van der Waals surface area (Å²) in [5.74, 6) is -1.24. The molecule has 78 valence electrons. The van der Waals surface area contributed by atoms with Gasteiger partial charge in [-0.05, 0) is 25.5 Å². The number of carboxylic acid groups (broad SMARTS) is 1. The number of fused-ring (bicyclic) bond motifs is 1. The van der Waals surface area contributed by atoms with Gasteiger partial charge in [-0.15, -0.1) is 11.3 Å². The highest BCUT2D eigenvalue weighted by molar-refractivity contribution is 7.21. The molecule has 0 saturated carbocycles. The molecule has 2 aromatic rings. The number of carboxylic acids is 1. The molecular weight excluding hydrogens is 212 g/mol. The second kappa shape index (κ2) is 3.20. The lowest BCUT2D eigenvalue weighted by Gasteiger charge is -2.00. The third-order valence-corrected chi connectivity index (χ3v) is 3.29. The number of nitrogens with two attached hydrogens (primary N) is 1. The van der Waals surface area contributed by atoms with Gasteiger partial charge in [-0.3, -0.25) is 0 Å². The van der Waals surface area contributed by atoms with Crippen molar-refractivity contribution >= 4 is 33.2 Å². The zero-order valence-electron chi connectivity index (χ0n) is 8.33. The van der Waals surface area contributed by atoms with Gasteiger partial charge in [0, 0.05) is 11.1 Å². The molecule has 0 atom stereocenters. The average molecular weight is 221 g/mol. The molecule has 2 N–H and O–H groups in total. The summed E-state index contributed by atoms with van der Waals surface area (Å²) in [6, 6.07) is 1.88. The highest BCUT2D eigenvalue weighted by Gasteiger charge is 2.13. The van der Waals surface area contributed by atoms with Crippen LogP contribution in [0.25, 0.3) is 10.2 Å². The highest BCUT2D eigenvalue weighted by atomic mass is 32.1. The lowest BCUT2D eigenvalue weighted by atomic mass is 10.1. The fourth-order valence-corrected chi connectivity index (χ4v) is 2.67. The summed E-state index contributed by atoms with van der Waals surface area (Å²) >= 11 is 1.06. The van der Waals surface area contributed by atoms with Crippen LogP contribution in [-0.2, 0) is 0 Å². The van der Waals surface area contributed by atoms with Gasteiger partial charge in [0.15, 0.2) is 0 Å². The fourth-order valence-electron chi connectivity index (χ4n) is 1.62. The molecule has 0 unspecified atom stereocenters. The molecule has 0 spiro atoms. The van der Waals surface area contributed by atoms with Crippen LogP contribution in [0.5, 0.6) is 0 Å². The molecule has 0 aliphatic rings. The molecule has 0 aliphatic heterocycles. The standard InChI is InChI=1S/C10H10N2O2S/c1-4-3-5(2)12-9-6(4)7(11)8(15-9)10(13)14/h3H,11H2,1-2H3,(H,13,14)/p-1. The first-order chi connectivity index (χ1) is 7.00. The molecule has 0 bridgehead atoms. The minimum atomic E-state index is -1.24. The molecule has 5 heteroatoms. The number of aryl methyl sites for hydroxylation is 2. The molecule has 2 aromatic heterocycles. The molecule has 0 radical (unpaired) electrons. The Hall–Kier alpha value is -1.62. The second-order valence-electron chi connectivity index (χ2n) is 3.39. The molecule has 4 nitrogen and oxygen atoms in total. The number of rotatable bonds is 1. The summed E-state index contributed by atoms with van der Waals surface area (Å²) < 4.78 is 0. The zero-order chi connectivity index (χ0) is 11.2. The maximum Gasteiger partial charge on any atom is 0.126 e. The van der Waals surface area contributed by atoms with Crippen LogP contribution in [0.15, 0.2) is 6.07 Å². The number of hydrogen-bond acceptors (Lipinski definition) is 5. The number of nitrogen functional groups attached to an aromatic ring is 1. The summed E-state index contributed by atoms with van der Waals surface area (Å²) in [5.41, 5.74) is 7.80. The topological polar surface area (TPSA) is 79.0 Å². The van der Waals surface area contributed by atoms with Crippen LogP contribution in [0.1, 0.15) is 20.9 Å². The van der Waals surface area contributed by atoms with Gasteiger partial charge >= 0.3 is 0 Å². The number of nitrogens with zero attached hydrogens (tertiary/aromatic N) is 1. The molecule has 15 heavy (non-hydrogen) atoms. The maximum atomic E-state index is 10.8. The first-order valence-electron chi connectivity index (χ1n) is 4.38. The number of aromatic nitrogens is 1. The van der Waals surface area contributed by atoms with Crippen molar-refractivity contribution in [3.05, 3.63) is 22.2 Å². The minimum Gasteiger partial charge on any atom is -0.544 e. The van der Waals surface area contributed by atoms with Gasteiger partial charge in [0.25, 0.3) is 0 Å². The Morgan fingerprint density at radius 1 is 1.53 bits per heavy atom. The summed E-state index contributed by atoms with van der Waals surface area (Å²) in [6.07, 6.45) is 0. The van der Waals surface area contributed by atoms with Gasteiger partial charge < -0.3 is 15.6 Å². The molecule has 0 saturated heterocycles. The largest absolute Gasteiger partial charge is 0.544 e. The van der Waals surface area contributed by atoms with Crippen LogP contribution >= 0.6 is 11.3 Å². The first kappa shape index (κ1) is 9.92. The average Bonchev–Trinajstić information content (AvgIpc) is 2.42. The van der Waals surface area contributed by atoms with E-state index in [0.717, 1.165) is 28.0 Å². The molecule has 0 amide bonds. The van der Waals surface area contributed by atoms with E-state index >= 15 is 0 Å². The SMILES string of the molecule is Cc1cc(C)c2c(N)c(C(=O)[O-])sc2n1. The van der Waals surface area contributed by atoms with Crippen molar-refractivity contribution in [2.75, 3.05) is 5.73 Å². The van der Waals surface area contributed by atoms with Gasteiger partial charge in [0.05, 0.1) is 16.5 Å². The van der Waals surface area contributed by atoms with Crippen LogP contribution in [0.3, 0.4) is 0 Å². The van der Waals surface area contributed by atoms with E-state index in [4.69, 9.17) is 5.73 Å². The van der Waals surface area contributed by atoms with Crippen molar-refractivity contribution in [1.29, 1.82) is 0 Å². The molecule has 0 aliphatic carbocycles. The van der Waals surface area contributed by atoms with Gasteiger partial charge in [0.2, 0.25) is 0 Å². The van der Waals surface area contributed by atoms with Gasteiger partial charge in [-0.25, -0.2) is 4.98 Å². The Morgan fingerprint density at radius 3 is 2.80 bits per heavy atom. The Balaban J connectivity index is 2.88. The Labute approximate surface area is 90.4 Å². The molecule has 0 fully saturated rings. The predicted octanol–water partition coefficient (Wildman–Crippen LogP) is 0.859. The first-order valence-corrected chi connectivity index (χ1v) is 5.20. The second-order valence-corrected chi connectivity index (χ2v) is 4.39. The van der Waals surface area contributed by atoms with Crippen molar-refractivity contribution in [2.24, 2.45) is 0 Å². The number of thiophene rings is 1. The maximum absolute atomic E-state index is 10.8. The fraction of sp³-hybridized carbons (Fsp3) is 0.200. The Morgan fingerprint density at radius 2 is 2.20 bits per heavy atom. The van der Waals surface area contributed by atoms with E-state index in [9.17, 15) is 9.90 Å². The summed E-state index contributed by atoms with van der Waals surface area (Å²) in [6.45, 7) is 3.75. The van der Waals surface area contributed by atoms with Crippen molar-refractivity contribution in [2.45, 2.75) is 13.8 Å². The number of aromatic carboxylic acids is 1. The third kappa shape index (κ3) is 1.45. The van der Waals surface area contributed by atoms with Gasteiger partial charge in [-0.1, -0.05) is 0 Å². The van der Waals surface area contributed by atoms with Crippen molar-refractivity contribution in [3.63, 3.8) is 0 Å². The Bertz CT molecular complexity index is 560. The van der Waals surface area contributed by atoms with Crippen LogP contribution < -0.4 is 10.8 Å². The third-order valence-electron chi connectivity index (χ3n) is 2.21. The van der Waals surface area contributed by atoms with Crippen molar-refractivity contribution in [3.8, 4) is 0 Å². The van der Waals surface area contributed by atoms with Crippen LogP contribution in [0.2, 0.25) is 0 Å². The monoisotopic (exact) mass is 221 g/mol.